The van der Waals surface area contributed by atoms with Crippen molar-refractivity contribution in [2.45, 2.75) is 16.5 Å². The number of carbonyl (C=O) groups is 1. The van der Waals surface area contributed by atoms with Crippen molar-refractivity contribution in [2.75, 3.05) is 7.05 Å². The van der Waals surface area contributed by atoms with Crippen molar-refractivity contribution in [1.82, 2.24) is 19.7 Å². The molecule has 3 aromatic rings. The van der Waals surface area contributed by atoms with Crippen molar-refractivity contribution in [3.63, 3.8) is 0 Å². The molecule has 2 aromatic heterocycles. The Morgan fingerprint density at radius 1 is 1.38 bits per heavy atom. The van der Waals surface area contributed by atoms with Crippen LogP contribution in [0.1, 0.15) is 5.69 Å². The van der Waals surface area contributed by atoms with Crippen molar-refractivity contribution < 1.29 is 14.3 Å². The first kappa shape index (κ1) is 18.2. The molecule has 2 heterocycles. The molecule has 0 bridgehead atoms. The summed E-state index contributed by atoms with van der Waals surface area (Å²) in [7, 11) is 1.45. The maximum absolute atomic E-state index is 13.9. The minimum atomic E-state index is -1.06. The van der Waals surface area contributed by atoms with Gasteiger partial charge in [0.05, 0.1) is 17.9 Å². The molecule has 0 radical (unpaired) electrons. The highest BCUT2D eigenvalue weighted by Gasteiger charge is 2.17. The average Bonchev–Trinajstić information content (AvgIpc) is 3.00. The van der Waals surface area contributed by atoms with Gasteiger partial charge >= 0.3 is 6.09 Å². The lowest BCUT2D eigenvalue weighted by Crippen LogP contribution is -2.24. The Bertz CT molecular complexity index is 936. The lowest BCUT2D eigenvalue weighted by molar-refractivity contribution is 0.153. The topological polar surface area (TPSA) is 71.2 Å². The zero-order valence-electron chi connectivity index (χ0n) is 13.6. The molecule has 3 rings (SSSR count). The maximum Gasteiger partial charge on any atom is 0.407 e. The van der Waals surface area contributed by atoms with Gasteiger partial charge < -0.3 is 10.0 Å². The normalized spacial score (nSPS) is 10.7. The number of halogens is 2. The molecular formula is C17H14ClFN4O2S. The Kier molecular flexibility index (Phi) is 5.43. The molecule has 0 fully saturated rings. The number of aromatic nitrogens is 3. The molecule has 0 saturated heterocycles. The van der Waals surface area contributed by atoms with Gasteiger partial charge in [-0.05, 0) is 30.3 Å². The molecule has 134 valence electrons. The Balaban J connectivity index is 2.04. The van der Waals surface area contributed by atoms with Crippen LogP contribution in [-0.4, -0.2) is 37.9 Å². The molecule has 9 heteroatoms. The Hall–Kier alpha value is -2.58. The van der Waals surface area contributed by atoms with Gasteiger partial charge in [-0.15, -0.1) is 0 Å². The van der Waals surface area contributed by atoms with Crippen LogP contribution in [-0.2, 0) is 6.54 Å². The molecule has 0 atom stereocenters. The minimum Gasteiger partial charge on any atom is -0.465 e. The van der Waals surface area contributed by atoms with Gasteiger partial charge in [0.15, 0.2) is 0 Å². The number of hydrogen-bond donors (Lipinski definition) is 1. The first-order valence-corrected chi connectivity index (χ1v) is 8.70. The van der Waals surface area contributed by atoms with E-state index in [1.54, 1.807) is 36.7 Å². The predicted octanol–water partition coefficient (Wildman–Crippen LogP) is 4.32. The number of pyridine rings is 1. The summed E-state index contributed by atoms with van der Waals surface area (Å²) in [5.74, 6) is -0.554. The largest absolute Gasteiger partial charge is 0.465 e. The van der Waals surface area contributed by atoms with Gasteiger partial charge in [-0.25, -0.2) is 13.9 Å². The number of hydrogen-bond acceptors (Lipinski definition) is 4. The lowest BCUT2D eigenvalue weighted by Gasteiger charge is -2.10. The number of amides is 1. The van der Waals surface area contributed by atoms with Crippen LogP contribution in [0.5, 0.6) is 0 Å². The van der Waals surface area contributed by atoms with E-state index in [-0.39, 0.29) is 11.6 Å². The molecule has 6 nitrogen and oxygen atoms in total. The molecule has 0 unspecified atom stereocenters. The van der Waals surface area contributed by atoms with Gasteiger partial charge in [0, 0.05) is 24.3 Å². The fraction of sp³-hybridized carbons (Fsp3) is 0.118. The molecule has 0 spiro atoms. The van der Waals surface area contributed by atoms with E-state index in [0.717, 1.165) is 9.80 Å². The summed E-state index contributed by atoms with van der Waals surface area (Å²) in [6.07, 6.45) is 2.29. The van der Waals surface area contributed by atoms with Gasteiger partial charge in [0.1, 0.15) is 15.9 Å². The summed E-state index contributed by atoms with van der Waals surface area (Å²) in [6.45, 7) is 0.0931. The minimum absolute atomic E-state index is 0.0539. The molecule has 1 amide bonds. The summed E-state index contributed by atoms with van der Waals surface area (Å²) < 4.78 is 15.4. The maximum atomic E-state index is 13.9. The van der Waals surface area contributed by atoms with Crippen LogP contribution in [0.3, 0.4) is 0 Å². The van der Waals surface area contributed by atoms with Crippen LogP contribution >= 0.6 is 23.4 Å². The van der Waals surface area contributed by atoms with Crippen molar-refractivity contribution in [1.29, 1.82) is 0 Å². The standard InChI is InChI=1S/C17H14ClFN4O2S/c1-22(17(24)25)10-11-8-15(26-12-4-3-7-20-9-12)23(21-11)14-6-2-5-13(19)16(14)18/h2-9H,10H2,1H3,(H,24,25). The van der Waals surface area contributed by atoms with E-state index in [2.05, 4.69) is 10.1 Å². The van der Waals surface area contributed by atoms with E-state index in [9.17, 15) is 9.18 Å². The molecule has 1 N–H and O–H groups in total. The van der Waals surface area contributed by atoms with E-state index in [4.69, 9.17) is 16.7 Å². The highest BCUT2D eigenvalue weighted by molar-refractivity contribution is 7.99. The number of benzene rings is 1. The van der Waals surface area contributed by atoms with Crippen LogP contribution in [0.15, 0.2) is 58.7 Å². The third-order valence-electron chi connectivity index (χ3n) is 3.47. The SMILES string of the molecule is CN(Cc1cc(Sc2cccnc2)n(-c2cccc(F)c2Cl)n1)C(=O)O. The van der Waals surface area contributed by atoms with E-state index in [0.29, 0.717) is 16.4 Å². The van der Waals surface area contributed by atoms with Crippen molar-refractivity contribution >= 4 is 29.5 Å². The van der Waals surface area contributed by atoms with Crippen molar-refractivity contribution in [2.24, 2.45) is 0 Å². The van der Waals surface area contributed by atoms with Gasteiger partial charge in [0.25, 0.3) is 0 Å². The first-order chi connectivity index (χ1) is 12.5. The fourth-order valence-corrected chi connectivity index (χ4v) is 3.36. The number of rotatable bonds is 5. The van der Waals surface area contributed by atoms with Crippen LogP contribution in [0.4, 0.5) is 9.18 Å². The Morgan fingerprint density at radius 2 is 2.19 bits per heavy atom. The zero-order valence-corrected chi connectivity index (χ0v) is 15.2. The highest BCUT2D eigenvalue weighted by Crippen LogP contribution is 2.32. The van der Waals surface area contributed by atoms with E-state index in [1.807, 2.05) is 6.07 Å². The summed E-state index contributed by atoms with van der Waals surface area (Å²) in [5, 5.41) is 14.1. The number of carboxylic acid groups (broad SMARTS) is 1. The lowest BCUT2D eigenvalue weighted by atomic mass is 10.3. The molecule has 1 aromatic carbocycles. The first-order valence-electron chi connectivity index (χ1n) is 7.51. The quantitative estimate of drug-likeness (QED) is 0.700. The smallest absolute Gasteiger partial charge is 0.407 e. The zero-order chi connectivity index (χ0) is 18.7. The van der Waals surface area contributed by atoms with Gasteiger partial charge in [0.2, 0.25) is 0 Å². The second-order valence-corrected chi connectivity index (χ2v) is 6.86. The van der Waals surface area contributed by atoms with Gasteiger partial charge in [-0.3, -0.25) is 4.98 Å². The summed E-state index contributed by atoms with van der Waals surface area (Å²) in [4.78, 5) is 17.1. The second kappa shape index (κ2) is 7.76. The van der Waals surface area contributed by atoms with E-state index < -0.39 is 11.9 Å². The molecule has 26 heavy (non-hydrogen) atoms. The predicted molar refractivity (Wildman–Crippen MR) is 96.4 cm³/mol. The molecule has 0 aliphatic carbocycles. The second-order valence-electron chi connectivity index (χ2n) is 5.39. The monoisotopic (exact) mass is 392 g/mol. The summed E-state index contributed by atoms with van der Waals surface area (Å²) in [5.41, 5.74) is 0.893. The van der Waals surface area contributed by atoms with Gasteiger partial charge in [-0.2, -0.15) is 5.10 Å². The molecule has 0 aliphatic rings. The third-order valence-corrected chi connectivity index (χ3v) is 4.82. The Morgan fingerprint density at radius 3 is 2.88 bits per heavy atom. The molecular weight excluding hydrogens is 379 g/mol. The van der Waals surface area contributed by atoms with E-state index >= 15 is 0 Å². The highest BCUT2D eigenvalue weighted by atomic mass is 35.5. The summed E-state index contributed by atoms with van der Waals surface area (Å²) >= 11 is 7.48. The van der Waals surface area contributed by atoms with Crippen LogP contribution in [0.2, 0.25) is 5.02 Å². The van der Waals surface area contributed by atoms with Crippen LogP contribution < -0.4 is 0 Å². The van der Waals surface area contributed by atoms with Crippen LogP contribution in [0, 0.1) is 5.82 Å². The van der Waals surface area contributed by atoms with Gasteiger partial charge in [-0.1, -0.05) is 29.4 Å². The third kappa shape index (κ3) is 3.97. The van der Waals surface area contributed by atoms with Crippen LogP contribution in [0.25, 0.3) is 5.69 Å². The van der Waals surface area contributed by atoms with E-state index in [1.165, 1.54) is 29.6 Å². The summed E-state index contributed by atoms with van der Waals surface area (Å²) in [6, 6.07) is 9.89. The van der Waals surface area contributed by atoms with Crippen molar-refractivity contribution in [3.8, 4) is 5.69 Å². The average molecular weight is 393 g/mol. The molecule has 0 aliphatic heterocycles. The fourth-order valence-electron chi connectivity index (χ4n) is 2.23. The number of nitrogens with zero attached hydrogens (tertiary/aromatic N) is 4. The molecule has 0 saturated carbocycles. The Labute approximate surface area is 158 Å². The van der Waals surface area contributed by atoms with Crippen molar-refractivity contribution in [3.05, 3.63) is 65.3 Å².